The second-order valence-electron chi connectivity index (χ2n) is 4.08. The highest BCUT2D eigenvalue weighted by Gasteiger charge is 2.12. The number of ether oxygens (including phenoxy) is 1. The molecule has 0 aliphatic heterocycles. The van der Waals surface area contributed by atoms with Crippen molar-refractivity contribution in [2.45, 2.75) is 19.9 Å². The van der Waals surface area contributed by atoms with Gasteiger partial charge in [0.1, 0.15) is 0 Å². The SMILES string of the molecule is COCCN(C(=S)Nc1ccccc1)C(C)C. The third-order valence-corrected chi connectivity index (χ3v) is 2.78. The fourth-order valence-electron chi connectivity index (χ4n) is 1.50. The van der Waals surface area contributed by atoms with E-state index in [0.717, 1.165) is 17.3 Å². The summed E-state index contributed by atoms with van der Waals surface area (Å²) in [6.45, 7) is 5.71. The van der Waals surface area contributed by atoms with Gasteiger partial charge >= 0.3 is 0 Å². The highest BCUT2D eigenvalue weighted by atomic mass is 32.1. The third-order valence-electron chi connectivity index (χ3n) is 2.45. The Balaban J connectivity index is 2.59. The van der Waals surface area contributed by atoms with Gasteiger partial charge in [-0.3, -0.25) is 0 Å². The normalized spacial score (nSPS) is 10.4. The first-order chi connectivity index (χ1) is 8.15. The summed E-state index contributed by atoms with van der Waals surface area (Å²) >= 11 is 5.41. The standard InChI is InChI=1S/C13H20N2OS/c1-11(2)15(9-10-16-3)13(17)14-12-7-5-4-6-8-12/h4-8,11H,9-10H2,1-3H3,(H,14,17). The molecule has 1 rings (SSSR count). The lowest BCUT2D eigenvalue weighted by Crippen LogP contribution is -2.41. The van der Waals surface area contributed by atoms with Crippen molar-refractivity contribution < 1.29 is 4.74 Å². The average molecular weight is 252 g/mol. The van der Waals surface area contributed by atoms with Crippen LogP contribution in [0.5, 0.6) is 0 Å². The Morgan fingerprint density at radius 3 is 2.53 bits per heavy atom. The minimum atomic E-state index is 0.355. The van der Waals surface area contributed by atoms with Gasteiger partial charge in [-0.15, -0.1) is 0 Å². The summed E-state index contributed by atoms with van der Waals surface area (Å²) in [6, 6.07) is 10.3. The minimum Gasteiger partial charge on any atom is -0.383 e. The maximum Gasteiger partial charge on any atom is 0.173 e. The van der Waals surface area contributed by atoms with Gasteiger partial charge in [-0.05, 0) is 38.2 Å². The van der Waals surface area contributed by atoms with Gasteiger partial charge in [0.25, 0.3) is 0 Å². The zero-order valence-electron chi connectivity index (χ0n) is 10.6. The van der Waals surface area contributed by atoms with E-state index in [-0.39, 0.29) is 0 Å². The average Bonchev–Trinajstić information content (AvgIpc) is 2.30. The van der Waals surface area contributed by atoms with E-state index < -0.39 is 0 Å². The van der Waals surface area contributed by atoms with Crippen molar-refractivity contribution in [2.75, 3.05) is 25.6 Å². The number of para-hydroxylation sites is 1. The van der Waals surface area contributed by atoms with Crippen LogP contribution in [0.25, 0.3) is 0 Å². The molecule has 0 unspecified atom stereocenters. The van der Waals surface area contributed by atoms with Crippen molar-refractivity contribution in [3.8, 4) is 0 Å². The molecule has 0 radical (unpaired) electrons. The maximum atomic E-state index is 5.41. The monoisotopic (exact) mass is 252 g/mol. The molecule has 94 valence electrons. The number of nitrogens with one attached hydrogen (secondary N) is 1. The van der Waals surface area contributed by atoms with Gasteiger partial charge in [0.15, 0.2) is 5.11 Å². The number of hydrogen-bond donors (Lipinski definition) is 1. The van der Waals surface area contributed by atoms with E-state index in [1.807, 2.05) is 30.3 Å². The topological polar surface area (TPSA) is 24.5 Å². The van der Waals surface area contributed by atoms with Crippen LogP contribution in [0.15, 0.2) is 30.3 Å². The van der Waals surface area contributed by atoms with Crippen LogP contribution in [0.4, 0.5) is 5.69 Å². The lowest BCUT2D eigenvalue weighted by molar-refractivity contribution is 0.168. The van der Waals surface area contributed by atoms with Gasteiger partial charge in [-0.25, -0.2) is 0 Å². The highest BCUT2D eigenvalue weighted by Crippen LogP contribution is 2.08. The highest BCUT2D eigenvalue weighted by molar-refractivity contribution is 7.80. The minimum absolute atomic E-state index is 0.355. The first-order valence-corrected chi connectivity index (χ1v) is 6.17. The van der Waals surface area contributed by atoms with Gasteiger partial charge in [0.2, 0.25) is 0 Å². The largest absolute Gasteiger partial charge is 0.383 e. The first-order valence-electron chi connectivity index (χ1n) is 5.76. The molecule has 1 N–H and O–H groups in total. The van der Waals surface area contributed by atoms with Crippen molar-refractivity contribution in [3.05, 3.63) is 30.3 Å². The number of hydrogen-bond acceptors (Lipinski definition) is 2. The van der Waals surface area contributed by atoms with Crippen molar-refractivity contribution >= 4 is 23.0 Å². The molecule has 0 heterocycles. The first kappa shape index (κ1) is 13.9. The van der Waals surface area contributed by atoms with Crippen molar-refractivity contribution in [3.63, 3.8) is 0 Å². The van der Waals surface area contributed by atoms with Crippen LogP contribution in [0.1, 0.15) is 13.8 Å². The molecule has 0 aliphatic rings. The Morgan fingerprint density at radius 1 is 1.35 bits per heavy atom. The van der Waals surface area contributed by atoms with E-state index in [1.165, 1.54) is 0 Å². The molecule has 0 fully saturated rings. The van der Waals surface area contributed by atoms with Gasteiger partial charge in [-0.1, -0.05) is 18.2 Å². The van der Waals surface area contributed by atoms with Crippen molar-refractivity contribution in [1.82, 2.24) is 4.90 Å². The Labute approximate surface area is 109 Å². The van der Waals surface area contributed by atoms with Crippen LogP contribution in [0, 0.1) is 0 Å². The number of methoxy groups -OCH3 is 1. The summed E-state index contributed by atoms with van der Waals surface area (Å²) in [7, 11) is 1.70. The number of thiocarbonyl (C=S) groups is 1. The predicted octanol–water partition coefficient (Wildman–Crippen LogP) is 2.74. The summed E-state index contributed by atoms with van der Waals surface area (Å²) in [5.41, 5.74) is 1.01. The van der Waals surface area contributed by atoms with Crippen LogP contribution < -0.4 is 5.32 Å². The van der Waals surface area contributed by atoms with E-state index in [0.29, 0.717) is 12.6 Å². The molecular formula is C13H20N2OS. The van der Waals surface area contributed by atoms with Crippen LogP contribution in [0.2, 0.25) is 0 Å². The molecule has 0 amide bonds. The molecule has 3 nitrogen and oxygen atoms in total. The molecular weight excluding hydrogens is 232 g/mol. The van der Waals surface area contributed by atoms with Crippen molar-refractivity contribution in [2.24, 2.45) is 0 Å². The lowest BCUT2D eigenvalue weighted by Gasteiger charge is -2.29. The number of anilines is 1. The van der Waals surface area contributed by atoms with Crippen LogP contribution in [0.3, 0.4) is 0 Å². The van der Waals surface area contributed by atoms with Crippen molar-refractivity contribution in [1.29, 1.82) is 0 Å². The summed E-state index contributed by atoms with van der Waals surface area (Å²) in [4.78, 5) is 2.12. The number of nitrogens with zero attached hydrogens (tertiary/aromatic N) is 1. The number of rotatable bonds is 5. The summed E-state index contributed by atoms with van der Waals surface area (Å²) < 4.78 is 5.09. The molecule has 0 aromatic heterocycles. The molecule has 0 bridgehead atoms. The lowest BCUT2D eigenvalue weighted by atomic mass is 10.3. The maximum absolute atomic E-state index is 5.41. The van der Waals surface area contributed by atoms with Gasteiger partial charge in [-0.2, -0.15) is 0 Å². The quantitative estimate of drug-likeness (QED) is 0.814. The molecule has 1 aromatic rings. The fourth-order valence-corrected chi connectivity index (χ4v) is 1.92. The Hall–Kier alpha value is -1.13. The van der Waals surface area contributed by atoms with Gasteiger partial charge in [0.05, 0.1) is 6.61 Å². The smallest absolute Gasteiger partial charge is 0.173 e. The van der Waals surface area contributed by atoms with E-state index in [1.54, 1.807) is 7.11 Å². The van der Waals surface area contributed by atoms with E-state index >= 15 is 0 Å². The zero-order valence-corrected chi connectivity index (χ0v) is 11.5. The summed E-state index contributed by atoms with van der Waals surface area (Å²) in [5.74, 6) is 0. The molecule has 0 atom stereocenters. The van der Waals surface area contributed by atoms with Gasteiger partial charge in [0, 0.05) is 25.4 Å². The van der Waals surface area contributed by atoms with Crippen LogP contribution in [-0.2, 0) is 4.74 Å². The second kappa shape index (κ2) is 7.25. The molecule has 1 aromatic carbocycles. The predicted molar refractivity (Wildman–Crippen MR) is 76.4 cm³/mol. The second-order valence-corrected chi connectivity index (χ2v) is 4.46. The molecule has 0 spiro atoms. The van der Waals surface area contributed by atoms with E-state index in [4.69, 9.17) is 17.0 Å². The fraction of sp³-hybridized carbons (Fsp3) is 0.462. The van der Waals surface area contributed by atoms with E-state index in [2.05, 4.69) is 24.1 Å². The zero-order chi connectivity index (χ0) is 12.7. The molecule has 0 saturated heterocycles. The molecule has 0 aliphatic carbocycles. The van der Waals surface area contributed by atoms with E-state index in [9.17, 15) is 0 Å². The summed E-state index contributed by atoms with van der Waals surface area (Å²) in [6.07, 6.45) is 0. The Bertz CT molecular complexity index is 341. The third kappa shape index (κ3) is 4.71. The summed E-state index contributed by atoms with van der Waals surface area (Å²) in [5, 5.41) is 3.97. The number of benzene rings is 1. The Morgan fingerprint density at radius 2 is 2.00 bits per heavy atom. The molecule has 17 heavy (non-hydrogen) atoms. The molecule has 4 heteroatoms. The Kier molecular flexibility index (Phi) is 5.94. The van der Waals surface area contributed by atoms with Crippen LogP contribution >= 0.6 is 12.2 Å². The molecule has 0 saturated carbocycles. The van der Waals surface area contributed by atoms with Crippen LogP contribution in [-0.4, -0.2) is 36.3 Å². The van der Waals surface area contributed by atoms with Gasteiger partial charge < -0.3 is 15.0 Å².